The van der Waals surface area contributed by atoms with Crippen molar-refractivity contribution in [2.75, 3.05) is 18.2 Å². The fourth-order valence-corrected chi connectivity index (χ4v) is 3.45. The number of aryl methyl sites for hydroxylation is 1. The lowest BCUT2D eigenvalue weighted by molar-refractivity contribution is -0.124. The predicted molar refractivity (Wildman–Crippen MR) is 85.2 cm³/mol. The first-order valence-corrected chi connectivity index (χ1v) is 8.44. The van der Waals surface area contributed by atoms with Gasteiger partial charge in [-0.2, -0.15) is 0 Å². The third-order valence-electron chi connectivity index (χ3n) is 3.63. The summed E-state index contributed by atoms with van der Waals surface area (Å²) in [4.78, 5) is 26.5. The summed E-state index contributed by atoms with van der Waals surface area (Å²) in [5, 5.41) is 2.95. The molecule has 1 aromatic heterocycles. The molecule has 2 heterocycles. The minimum atomic E-state index is -0.357. The van der Waals surface area contributed by atoms with Crippen LogP contribution >= 0.6 is 11.8 Å². The zero-order valence-electron chi connectivity index (χ0n) is 12.8. The Labute approximate surface area is 130 Å². The maximum absolute atomic E-state index is 12.5. The van der Waals surface area contributed by atoms with Crippen LogP contribution in [0.1, 0.15) is 30.8 Å². The minimum absolute atomic E-state index is 0.0387. The van der Waals surface area contributed by atoms with Crippen LogP contribution in [0.5, 0.6) is 0 Å². The van der Waals surface area contributed by atoms with Crippen molar-refractivity contribution in [3.63, 3.8) is 0 Å². The van der Waals surface area contributed by atoms with Gasteiger partial charge in [0, 0.05) is 25.5 Å². The Kier molecular flexibility index (Phi) is 5.33. The highest BCUT2D eigenvalue weighted by Crippen LogP contribution is 2.23. The van der Waals surface area contributed by atoms with Crippen LogP contribution in [0.25, 0.3) is 0 Å². The number of hydrogen-bond acceptors (Lipinski definition) is 3. The summed E-state index contributed by atoms with van der Waals surface area (Å²) in [5.74, 6) is 1.69. The van der Waals surface area contributed by atoms with E-state index in [2.05, 4.69) is 19.2 Å². The topological polar surface area (TPSA) is 54.3 Å². The van der Waals surface area contributed by atoms with E-state index in [1.165, 1.54) is 0 Å². The second kappa shape index (κ2) is 7.02. The summed E-state index contributed by atoms with van der Waals surface area (Å²) in [6.45, 7) is 4.93. The molecule has 0 radical (unpaired) electrons. The molecule has 1 aliphatic heterocycles. The van der Waals surface area contributed by atoms with Crippen LogP contribution in [-0.4, -0.2) is 45.5 Å². The number of thioether (sulfide) groups is 1. The summed E-state index contributed by atoms with van der Waals surface area (Å²) in [7, 11) is 1.84. The highest BCUT2D eigenvalue weighted by atomic mass is 32.2. The summed E-state index contributed by atoms with van der Waals surface area (Å²) in [5.41, 5.74) is 0.623. The largest absolute Gasteiger partial charge is 0.354 e. The van der Waals surface area contributed by atoms with Crippen molar-refractivity contribution in [2.24, 2.45) is 13.0 Å². The van der Waals surface area contributed by atoms with Gasteiger partial charge in [-0.05, 0) is 24.5 Å². The molecule has 5 nitrogen and oxygen atoms in total. The van der Waals surface area contributed by atoms with Gasteiger partial charge in [0.05, 0.1) is 5.88 Å². The van der Waals surface area contributed by atoms with Gasteiger partial charge in [-0.1, -0.05) is 13.8 Å². The van der Waals surface area contributed by atoms with E-state index in [0.29, 0.717) is 29.8 Å². The van der Waals surface area contributed by atoms with Crippen LogP contribution in [0.2, 0.25) is 0 Å². The molecule has 0 aliphatic carbocycles. The molecule has 1 aliphatic rings. The minimum Gasteiger partial charge on any atom is -0.354 e. The summed E-state index contributed by atoms with van der Waals surface area (Å²) in [6.07, 6.45) is 2.80. The molecule has 0 bridgehead atoms. The van der Waals surface area contributed by atoms with Crippen molar-refractivity contribution >= 4 is 23.6 Å². The van der Waals surface area contributed by atoms with Crippen LogP contribution < -0.4 is 5.32 Å². The molecule has 1 unspecified atom stereocenters. The number of carbonyl (C=O) groups is 2. The number of nitrogens with zero attached hydrogens (tertiary/aromatic N) is 2. The van der Waals surface area contributed by atoms with E-state index in [9.17, 15) is 9.59 Å². The second-order valence-electron chi connectivity index (χ2n) is 5.77. The van der Waals surface area contributed by atoms with E-state index in [4.69, 9.17) is 0 Å². The highest BCUT2D eigenvalue weighted by Gasteiger charge is 2.35. The highest BCUT2D eigenvalue weighted by molar-refractivity contribution is 7.99. The van der Waals surface area contributed by atoms with Gasteiger partial charge < -0.3 is 14.8 Å². The summed E-state index contributed by atoms with van der Waals surface area (Å²) >= 11 is 1.62. The normalized spacial score (nSPS) is 18.3. The number of amides is 2. The zero-order valence-corrected chi connectivity index (χ0v) is 13.7. The van der Waals surface area contributed by atoms with E-state index in [0.717, 1.165) is 6.42 Å². The predicted octanol–water partition coefficient (Wildman–Crippen LogP) is 1.70. The van der Waals surface area contributed by atoms with Gasteiger partial charge in [-0.25, -0.2) is 0 Å². The molecular weight excluding hydrogens is 286 g/mol. The third-order valence-corrected chi connectivity index (χ3v) is 4.64. The van der Waals surface area contributed by atoms with Crippen molar-refractivity contribution in [1.82, 2.24) is 14.8 Å². The Balaban J connectivity index is 1.98. The maximum atomic E-state index is 12.5. The molecule has 2 amide bonds. The Morgan fingerprint density at radius 3 is 2.86 bits per heavy atom. The number of rotatable bonds is 5. The number of aromatic nitrogens is 1. The maximum Gasteiger partial charge on any atom is 0.271 e. The SMILES string of the molecule is CC(C)CCNC(=O)C1CSCN1C(=O)c1cccn1C. The Morgan fingerprint density at radius 1 is 1.48 bits per heavy atom. The van der Waals surface area contributed by atoms with Crippen LogP contribution in [0.3, 0.4) is 0 Å². The molecule has 1 N–H and O–H groups in total. The van der Waals surface area contributed by atoms with E-state index in [1.54, 1.807) is 27.3 Å². The standard InChI is InChI=1S/C15H23N3O2S/c1-11(2)6-7-16-14(19)13-9-21-10-18(13)15(20)12-5-4-8-17(12)3/h4-5,8,11,13H,6-7,9-10H2,1-3H3,(H,16,19). The van der Waals surface area contributed by atoms with Gasteiger partial charge in [-0.15, -0.1) is 11.8 Å². The smallest absolute Gasteiger partial charge is 0.271 e. The quantitative estimate of drug-likeness (QED) is 0.901. The molecule has 0 saturated carbocycles. The molecular formula is C15H23N3O2S. The molecule has 2 rings (SSSR count). The van der Waals surface area contributed by atoms with Crippen LogP contribution in [0.15, 0.2) is 18.3 Å². The molecule has 1 aromatic rings. The van der Waals surface area contributed by atoms with Crippen molar-refractivity contribution < 1.29 is 9.59 Å². The average molecular weight is 309 g/mol. The molecule has 116 valence electrons. The van der Waals surface area contributed by atoms with Crippen LogP contribution in [-0.2, 0) is 11.8 Å². The van der Waals surface area contributed by atoms with Crippen molar-refractivity contribution in [2.45, 2.75) is 26.3 Å². The van der Waals surface area contributed by atoms with Gasteiger partial charge in [0.25, 0.3) is 5.91 Å². The molecule has 1 fully saturated rings. The van der Waals surface area contributed by atoms with Crippen molar-refractivity contribution in [1.29, 1.82) is 0 Å². The van der Waals surface area contributed by atoms with E-state index < -0.39 is 0 Å². The Hall–Kier alpha value is -1.43. The molecule has 6 heteroatoms. The zero-order chi connectivity index (χ0) is 15.4. The fourth-order valence-electron chi connectivity index (χ4n) is 2.29. The van der Waals surface area contributed by atoms with E-state index in [-0.39, 0.29) is 17.9 Å². The molecule has 1 atom stereocenters. The molecule has 0 spiro atoms. The Morgan fingerprint density at radius 2 is 2.24 bits per heavy atom. The van der Waals surface area contributed by atoms with Gasteiger partial charge in [0.2, 0.25) is 5.91 Å². The van der Waals surface area contributed by atoms with Crippen molar-refractivity contribution in [3.8, 4) is 0 Å². The van der Waals surface area contributed by atoms with Crippen LogP contribution in [0.4, 0.5) is 0 Å². The number of hydrogen-bond donors (Lipinski definition) is 1. The number of carbonyl (C=O) groups excluding carboxylic acids is 2. The average Bonchev–Trinajstić information content (AvgIpc) is 3.05. The summed E-state index contributed by atoms with van der Waals surface area (Å²) < 4.78 is 1.79. The lowest BCUT2D eigenvalue weighted by Crippen LogP contribution is -2.47. The van der Waals surface area contributed by atoms with Gasteiger partial charge in [0.1, 0.15) is 11.7 Å². The molecule has 21 heavy (non-hydrogen) atoms. The van der Waals surface area contributed by atoms with Gasteiger partial charge in [0.15, 0.2) is 0 Å². The Bertz CT molecular complexity index is 513. The third kappa shape index (κ3) is 3.81. The second-order valence-corrected chi connectivity index (χ2v) is 6.77. The first-order chi connectivity index (χ1) is 10.0. The van der Waals surface area contributed by atoms with Crippen molar-refractivity contribution in [3.05, 3.63) is 24.0 Å². The lowest BCUT2D eigenvalue weighted by Gasteiger charge is -2.23. The van der Waals surface area contributed by atoms with E-state index >= 15 is 0 Å². The lowest BCUT2D eigenvalue weighted by atomic mass is 10.1. The first kappa shape index (κ1) is 15.9. The van der Waals surface area contributed by atoms with Gasteiger partial charge >= 0.3 is 0 Å². The number of nitrogens with one attached hydrogen (secondary N) is 1. The molecule has 0 aromatic carbocycles. The molecule has 1 saturated heterocycles. The summed E-state index contributed by atoms with van der Waals surface area (Å²) in [6, 6.07) is 3.28. The first-order valence-electron chi connectivity index (χ1n) is 7.28. The van der Waals surface area contributed by atoms with Gasteiger partial charge in [-0.3, -0.25) is 9.59 Å². The monoisotopic (exact) mass is 309 g/mol. The fraction of sp³-hybridized carbons (Fsp3) is 0.600. The van der Waals surface area contributed by atoms with E-state index in [1.807, 2.05) is 19.3 Å². The van der Waals surface area contributed by atoms with Crippen LogP contribution in [0, 0.1) is 5.92 Å².